The summed E-state index contributed by atoms with van der Waals surface area (Å²) in [6.07, 6.45) is 2.60. The molecule has 1 saturated heterocycles. The van der Waals surface area contributed by atoms with E-state index in [0.29, 0.717) is 42.5 Å². The Morgan fingerprint density at radius 3 is 2.83 bits per heavy atom. The van der Waals surface area contributed by atoms with Crippen LogP contribution in [0.2, 0.25) is 0 Å². The van der Waals surface area contributed by atoms with Crippen LogP contribution < -0.4 is 15.5 Å². The molecule has 3 aromatic rings. The van der Waals surface area contributed by atoms with Crippen molar-refractivity contribution in [3.63, 3.8) is 0 Å². The molecule has 0 spiro atoms. The molecule has 1 aliphatic heterocycles. The van der Waals surface area contributed by atoms with Crippen molar-refractivity contribution in [2.45, 2.75) is 19.4 Å². The van der Waals surface area contributed by atoms with E-state index in [1.54, 1.807) is 24.4 Å². The third-order valence-electron chi connectivity index (χ3n) is 6.23. The molecule has 1 atom stereocenters. The summed E-state index contributed by atoms with van der Waals surface area (Å²) in [7, 11) is 1.83. The average Bonchev–Trinajstić information content (AvgIpc) is 3.07. The normalized spacial score (nSPS) is 15.9. The van der Waals surface area contributed by atoms with Gasteiger partial charge in [-0.05, 0) is 50.6 Å². The molecule has 1 aliphatic rings. The van der Waals surface area contributed by atoms with Crippen molar-refractivity contribution in [2.75, 3.05) is 62.0 Å². The number of phenols is 1. The van der Waals surface area contributed by atoms with Crippen LogP contribution in [0, 0.1) is 11.8 Å². The standard InChI is InChI=1S/C26H31FN8O/c1-19-10-14-34(22-18-21(31-32-26(22)28)20-6-3-4-7-23(20)36)16-17-35(19)25-9-12-29-24(30-25)8-5-13-33(2)15-11-27/h3-4,6-7,9,12,18-19,36H,10-11,13-17H2,1-2H3,(H2,28,32)/t19-/m1/s1. The van der Waals surface area contributed by atoms with Gasteiger partial charge in [0.05, 0.1) is 17.9 Å². The van der Waals surface area contributed by atoms with Gasteiger partial charge in [-0.3, -0.25) is 4.90 Å². The summed E-state index contributed by atoms with van der Waals surface area (Å²) in [4.78, 5) is 15.2. The molecule has 0 unspecified atom stereocenters. The maximum Gasteiger partial charge on any atom is 0.206 e. The summed E-state index contributed by atoms with van der Waals surface area (Å²) in [6.45, 7) is 4.79. The molecular weight excluding hydrogens is 459 g/mol. The van der Waals surface area contributed by atoms with Gasteiger partial charge >= 0.3 is 0 Å². The van der Waals surface area contributed by atoms with E-state index < -0.39 is 6.67 Å². The highest BCUT2D eigenvalue weighted by atomic mass is 19.1. The Balaban J connectivity index is 1.50. The zero-order valence-corrected chi connectivity index (χ0v) is 20.6. The SMILES string of the molecule is C[C@@H]1CCN(c2cc(-c3ccccc3O)nnc2N)CCN1c1ccnc(C#CCN(C)CCF)n1. The molecule has 0 amide bonds. The number of hydrogen-bond acceptors (Lipinski definition) is 9. The molecule has 10 heteroatoms. The van der Waals surface area contributed by atoms with Crippen LogP contribution in [-0.2, 0) is 0 Å². The van der Waals surface area contributed by atoms with Crippen LogP contribution >= 0.6 is 0 Å². The van der Waals surface area contributed by atoms with Crippen molar-refractivity contribution in [1.29, 1.82) is 0 Å². The maximum atomic E-state index is 12.4. The second-order valence-corrected chi connectivity index (χ2v) is 8.80. The number of nitrogens with two attached hydrogens (primary N) is 1. The van der Waals surface area contributed by atoms with Crippen LogP contribution in [-0.4, -0.2) is 82.7 Å². The van der Waals surface area contributed by atoms with Crippen LogP contribution in [0.1, 0.15) is 19.2 Å². The van der Waals surface area contributed by atoms with Crippen molar-refractivity contribution >= 4 is 17.3 Å². The fourth-order valence-electron chi connectivity index (χ4n) is 4.15. The lowest BCUT2D eigenvalue weighted by molar-refractivity contribution is 0.323. The van der Waals surface area contributed by atoms with E-state index in [1.165, 1.54) is 0 Å². The molecule has 4 rings (SSSR count). The van der Waals surface area contributed by atoms with E-state index in [-0.39, 0.29) is 11.8 Å². The first-order valence-electron chi connectivity index (χ1n) is 12.0. The number of aromatic nitrogens is 4. The monoisotopic (exact) mass is 490 g/mol. The van der Waals surface area contributed by atoms with E-state index in [9.17, 15) is 9.50 Å². The molecule has 0 bridgehead atoms. The average molecular weight is 491 g/mol. The van der Waals surface area contributed by atoms with Crippen LogP contribution in [0.15, 0.2) is 42.6 Å². The molecule has 36 heavy (non-hydrogen) atoms. The van der Waals surface area contributed by atoms with Gasteiger partial charge in [-0.15, -0.1) is 10.2 Å². The van der Waals surface area contributed by atoms with Gasteiger partial charge in [-0.1, -0.05) is 18.1 Å². The zero-order chi connectivity index (χ0) is 25.5. The first-order valence-corrected chi connectivity index (χ1v) is 12.0. The third-order valence-corrected chi connectivity index (χ3v) is 6.23. The van der Waals surface area contributed by atoms with Crippen molar-refractivity contribution in [3.05, 3.63) is 48.4 Å². The number of benzene rings is 1. The highest BCUT2D eigenvalue weighted by molar-refractivity contribution is 5.74. The molecular formula is C26H31FN8O. The Morgan fingerprint density at radius 2 is 2.03 bits per heavy atom. The topological polar surface area (TPSA) is 108 Å². The van der Waals surface area contributed by atoms with Gasteiger partial charge in [-0.25, -0.2) is 14.4 Å². The summed E-state index contributed by atoms with van der Waals surface area (Å²) >= 11 is 0. The first kappa shape index (κ1) is 25.1. The number of phenolic OH excluding ortho intramolecular Hbond substituents is 1. The van der Waals surface area contributed by atoms with E-state index >= 15 is 0 Å². The number of halogens is 1. The quantitative estimate of drug-likeness (QED) is 0.504. The highest BCUT2D eigenvalue weighted by Gasteiger charge is 2.24. The van der Waals surface area contributed by atoms with Crippen molar-refractivity contribution < 1.29 is 9.50 Å². The minimum absolute atomic E-state index is 0.148. The van der Waals surface area contributed by atoms with E-state index in [4.69, 9.17) is 5.73 Å². The predicted molar refractivity (Wildman–Crippen MR) is 140 cm³/mol. The number of nitrogens with zero attached hydrogens (tertiary/aromatic N) is 7. The summed E-state index contributed by atoms with van der Waals surface area (Å²) in [5.41, 5.74) is 8.20. The van der Waals surface area contributed by atoms with E-state index in [0.717, 1.165) is 31.0 Å². The highest BCUT2D eigenvalue weighted by Crippen LogP contribution is 2.32. The minimum Gasteiger partial charge on any atom is -0.507 e. The maximum absolute atomic E-state index is 12.4. The largest absolute Gasteiger partial charge is 0.507 e. The van der Waals surface area contributed by atoms with Crippen molar-refractivity contribution in [2.24, 2.45) is 0 Å². The predicted octanol–water partition coefficient (Wildman–Crippen LogP) is 2.58. The van der Waals surface area contributed by atoms with Gasteiger partial charge in [-0.2, -0.15) is 0 Å². The molecule has 0 saturated carbocycles. The van der Waals surface area contributed by atoms with E-state index in [2.05, 4.69) is 48.7 Å². The number of hydrogen-bond donors (Lipinski definition) is 2. The Labute approximate surface area is 210 Å². The second kappa shape index (κ2) is 11.6. The van der Waals surface area contributed by atoms with Gasteiger partial charge in [0.15, 0.2) is 5.82 Å². The van der Waals surface area contributed by atoms with Gasteiger partial charge in [0, 0.05) is 44.0 Å². The van der Waals surface area contributed by atoms with Crippen LogP contribution in [0.5, 0.6) is 5.75 Å². The second-order valence-electron chi connectivity index (χ2n) is 8.80. The van der Waals surface area contributed by atoms with Crippen LogP contribution in [0.25, 0.3) is 11.3 Å². The molecule has 2 aromatic heterocycles. The Hall–Kier alpha value is -3.97. The van der Waals surface area contributed by atoms with Gasteiger partial charge in [0.25, 0.3) is 0 Å². The summed E-state index contributed by atoms with van der Waals surface area (Å²) in [5, 5.41) is 18.6. The van der Waals surface area contributed by atoms with Crippen LogP contribution in [0.4, 0.5) is 21.7 Å². The zero-order valence-electron chi connectivity index (χ0n) is 20.6. The Kier molecular flexibility index (Phi) is 8.13. The fourth-order valence-corrected chi connectivity index (χ4v) is 4.15. The Morgan fingerprint density at radius 1 is 1.19 bits per heavy atom. The van der Waals surface area contributed by atoms with Gasteiger partial charge < -0.3 is 20.6 Å². The Bertz CT molecular complexity index is 1240. The molecule has 9 nitrogen and oxygen atoms in total. The smallest absolute Gasteiger partial charge is 0.206 e. The van der Waals surface area contributed by atoms with Gasteiger partial charge in [0.2, 0.25) is 5.82 Å². The molecule has 1 fully saturated rings. The number of para-hydroxylation sites is 1. The molecule has 188 valence electrons. The molecule has 3 heterocycles. The van der Waals surface area contributed by atoms with Crippen molar-refractivity contribution in [1.82, 2.24) is 25.1 Å². The van der Waals surface area contributed by atoms with E-state index in [1.807, 2.05) is 30.1 Å². The van der Waals surface area contributed by atoms with Crippen LogP contribution in [0.3, 0.4) is 0 Å². The lowest BCUT2D eigenvalue weighted by Crippen LogP contribution is -2.35. The molecule has 1 aromatic carbocycles. The number of alkyl halides is 1. The lowest BCUT2D eigenvalue weighted by Gasteiger charge is -2.28. The number of aromatic hydroxyl groups is 1. The molecule has 0 aliphatic carbocycles. The summed E-state index contributed by atoms with van der Waals surface area (Å²) in [6, 6.07) is 11.1. The number of nitrogen functional groups attached to an aromatic ring is 1. The minimum atomic E-state index is -0.398. The molecule has 0 radical (unpaired) electrons. The van der Waals surface area contributed by atoms with Crippen molar-refractivity contribution in [3.8, 4) is 28.8 Å². The third kappa shape index (κ3) is 5.98. The molecule has 3 N–H and O–H groups in total. The lowest BCUT2D eigenvalue weighted by atomic mass is 10.1. The van der Waals surface area contributed by atoms with Gasteiger partial charge in [0.1, 0.15) is 18.2 Å². The summed E-state index contributed by atoms with van der Waals surface area (Å²) in [5.74, 6) is 7.76. The number of anilines is 3. The summed E-state index contributed by atoms with van der Waals surface area (Å²) < 4.78 is 12.4. The fraction of sp³-hybridized carbons (Fsp3) is 0.385. The first-order chi connectivity index (χ1) is 17.5. The number of rotatable bonds is 6.